The minimum atomic E-state index is -3.69. The average molecular weight is 346 g/mol. The summed E-state index contributed by atoms with van der Waals surface area (Å²) in [5.74, 6) is -6.59. The molecule has 3 rings (SSSR count). The number of halogens is 2. The molecule has 0 saturated carbocycles. The van der Waals surface area contributed by atoms with Gasteiger partial charge >= 0.3 is 11.9 Å². The molecule has 1 aliphatic heterocycles. The smallest absolute Gasteiger partial charge is 0.352 e. The lowest BCUT2D eigenvalue weighted by Crippen LogP contribution is -2.23. The maximum Gasteiger partial charge on any atom is 0.352 e. The van der Waals surface area contributed by atoms with E-state index in [0.29, 0.717) is 0 Å². The number of fused-ring (bicyclic) bond motifs is 1. The van der Waals surface area contributed by atoms with E-state index in [-0.39, 0.29) is 34.0 Å². The fourth-order valence-corrected chi connectivity index (χ4v) is 2.58. The first-order chi connectivity index (χ1) is 11.7. The molecule has 0 fully saturated rings. The molecule has 25 heavy (non-hydrogen) atoms. The van der Waals surface area contributed by atoms with Gasteiger partial charge in [0, 0.05) is 0 Å². The Morgan fingerprint density at radius 1 is 1.16 bits per heavy atom. The van der Waals surface area contributed by atoms with Crippen molar-refractivity contribution in [3.05, 3.63) is 47.5 Å². The second-order valence-corrected chi connectivity index (χ2v) is 5.36. The van der Waals surface area contributed by atoms with E-state index in [1.807, 2.05) is 0 Å². The number of hydrogen-bond acceptors (Lipinski definition) is 3. The molecule has 1 amide bonds. The molecule has 0 saturated heterocycles. The first-order valence-electron chi connectivity index (χ1n) is 7.01. The van der Waals surface area contributed by atoms with Crippen molar-refractivity contribution < 1.29 is 23.5 Å². The number of alkyl halides is 2. The number of carboxylic acids is 1. The van der Waals surface area contributed by atoms with Crippen molar-refractivity contribution in [2.75, 3.05) is 5.32 Å². The summed E-state index contributed by atoms with van der Waals surface area (Å²) < 4.78 is 27.9. The minimum Gasteiger partial charge on any atom is -0.478 e. The molecular weight excluding hydrogens is 334 g/mol. The van der Waals surface area contributed by atoms with Gasteiger partial charge in [-0.3, -0.25) is 4.79 Å². The Hall–Kier alpha value is -3.49. The van der Waals surface area contributed by atoms with Crippen molar-refractivity contribution in [1.82, 2.24) is 0 Å². The van der Waals surface area contributed by atoms with Gasteiger partial charge in [-0.25, -0.2) is 9.79 Å². The van der Waals surface area contributed by atoms with Crippen molar-refractivity contribution in [3.63, 3.8) is 0 Å². The molecule has 0 atom stereocenters. The van der Waals surface area contributed by atoms with E-state index in [0.717, 1.165) is 6.07 Å². The zero-order valence-corrected chi connectivity index (χ0v) is 12.6. The fraction of sp³-hybridized carbons (Fsp3) is 0.0625. The summed E-state index contributed by atoms with van der Waals surface area (Å²) in [4.78, 5) is 26.6. The molecule has 0 spiro atoms. The predicted octanol–water partition coefficient (Wildman–Crippen LogP) is 2.00. The Labute approximate surface area is 140 Å². The van der Waals surface area contributed by atoms with Crippen molar-refractivity contribution in [2.24, 2.45) is 16.5 Å². The highest BCUT2D eigenvalue weighted by atomic mass is 19.3. The summed E-state index contributed by atoms with van der Waals surface area (Å²) in [5.41, 5.74) is 10.6. The zero-order valence-electron chi connectivity index (χ0n) is 12.6. The molecule has 1 heterocycles. The molecule has 2 aromatic carbocycles. The Kier molecular flexibility index (Phi) is 3.63. The summed E-state index contributed by atoms with van der Waals surface area (Å²) in [5, 5.41) is 11.4. The second kappa shape index (κ2) is 5.55. The number of carboxylic acid groups (broad SMARTS) is 1. The molecule has 0 radical (unpaired) electrons. The van der Waals surface area contributed by atoms with Crippen LogP contribution in [0.3, 0.4) is 0 Å². The van der Waals surface area contributed by atoms with Crippen molar-refractivity contribution in [3.8, 4) is 11.1 Å². The van der Waals surface area contributed by atoms with Gasteiger partial charge in [0.1, 0.15) is 0 Å². The number of rotatable bonds is 3. The Morgan fingerprint density at radius 2 is 1.88 bits per heavy atom. The van der Waals surface area contributed by atoms with Crippen molar-refractivity contribution >= 4 is 29.2 Å². The summed E-state index contributed by atoms with van der Waals surface area (Å²) in [6, 6.07) is 7.83. The Bertz CT molecular complexity index is 937. The van der Waals surface area contributed by atoms with E-state index in [4.69, 9.17) is 11.5 Å². The van der Waals surface area contributed by atoms with Crippen LogP contribution in [0.2, 0.25) is 0 Å². The molecule has 0 unspecified atom stereocenters. The number of amides is 1. The van der Waals surface area contributed by atoms with Crippen LogP contribution in [0.4, 0.5) is 20.2 Å². The topological polar surface area (TPSA) is 131 Å². The van der Waals surface area contributed by atoms with Crippen LogP contribution in [-0.4, -0.2) is 22.9 Å². The van der Waals surface area contributed by atoms with E-state index in [2.05, 4.69) is 10.3 Å². The Morgan fingerprint density at radius 3 is 2.52 bits per heavy atom. The molecule has 128 valence electrons. The molecular formula is C16H12F2N4O3. The van der Waals surface area contributed by atoms with Crippen molar-refractivity contribution in [1.29, 1.82) is 0 Å². The van der Waals surface area contributed by atoms with E-state index >= 15 is 0 Å². The lowest BCUT2D eigenvalue weighted by molar-refractivity contribution is -0.139. The number of aliphatic imine (C=N–C) groups is 1. The predicted molar refractivity (Wildman–Crippen MR) is 86.8 cm³/mol. The van der Waals surface area contributed by atoms with Gasteiger partial charge in [0.2, 0.25) is 0 Å². The number of carbonyl (C=O) groups is 2. The number of guanidine groups is 1. The van der Waals surface area contributed by atoms with Gasteiger partial charge in [-0.2, -0.15) is 8.78 Å². The van der Waals surface area contributed by atoms with Crippen LogP contribution in [0.15, 0.2) is 41.4 Å². The van der Waals surface area contributed by atoms with E-state index in [9.17, 15) is 23.5 Å². The van der Waals surface area contributed by atoms with Crippen LogP contribution in [0, 0.1) is 0 Å². The maximum atomic E-state index is 14.0. The fourth-order valence-electron chi connectivity index (χ4n) is 2.58. The minimum absolute atomic E-state index is 0.0176. The van der Waals surface area contributed by atoms with Gasteiger partial charge in [0.05, 0.1) is 22.5 Å². The lowest BCUT2D eigenvalue weighted by atomic mass is 9.96. The van der Waals surface area contributed by atoms with Crippen LogP contribution in [0.5, 0.6) is 0 Å². The third-order valence-electron chi connectivity index (χ3n) is 3.69. The molecule has 7 nitrogen and oxygen atoms in total. The largest absolute Gasteiger partial charge is 0.478 e. The van der Waals surface area contributed by atoms with E-state index in [1.54, 1.807) is 0 Å². The van der Waals surface area contributed by atoms with Gasteiger partial charge in [-0.05, 0) is 41.5 Å². The van der Waals surface area contributed by atoms with Crippen LogP contribution in [-0.2, 0) is 10.7 Å². The summed E-state index contributed by atoms with van der Waals surface area (Å²) >= 11 is 0. The van der Waals surface area contributed by atoms with Gasteiger partial charge in [-0.1, -0.05) is 6.07 Å². The molecule has 9 heteroatoms. The lowest BCUT2D eigenvalue weighted by Gasteiger charge is -2.11. The average Bonchev–Trinajstić information content (AvgIpc) is 2.76. The first-order valence-corrected chi connectivity index (χ1v) is 7.01. The SMILES string of the molecule is NC(N)=Nc1ccc(C(=O)O)c(-c2ccc3c(c2)C(F)(F)C(=O)N3)c1. The number of nitrogens with zero attached hydrogens (tertiary/aromatic N) is 1. The monoisotopic (exact) mass is 346 g/mol. The van der Waals surface area contributed by atoms with E-state index < -0.39 is 23.4 Å². The third kappa shape index (κ3) is 2.75. The number of aromatic carboxylic acids is 1. The number of hydrogen-bond donors (Lipinski definition) is 4. The molecule has 2 aromatic rings. The van der Waals surface area contributed by atoms with Gasteiger partial charge < -0.3 is 21.9 Å². The Balaban J connectivity index is 2.20. The summed E-state index contributed by atoms with van der Waals surface area (Å²) in [7, 11) is 0. The van der Waals surface area contributed by atoms with Crippen LogP contribution >= 0.6 is 0 Å². The molecule has 1 aliphatic rings. The molecule has 6 N–H and O–H groups in total. The van der Waals surface area contributed by atoms with Crippen LogP contribution in [0.1, 0.15) is 15.9 Å². The molecule has 0 bridgehead atoms. The van der Waals surface area contributed by atoms with Crippen LogP contribution < -0.4 is 16.8 Å². The molecule has 0 aromatic heterocycles. The maximum absolute atomic E-state index is 14.0. The number of carbonyl (C=O) groups excluding carboxylic acids is 1. The second-order valence-electron chi connectivity index (χ2n) is 5.36. The standard InChI is InChI=1S/C16H12F2N4O3/c17-16(18)11-5-7(1-4-12(11)22-14(16)25)10-6-8(21-15(19)20)2-3-9(10)13(23)24/h1-6H,(H,22,25)(H,23,24)(H4,19,20,21). The van der Waals surface area contributed by atoms with Crippen LogP contribution in [0.25, 0.3) is 11.1 Å². The highest BCUT2D eigenvalue weighted by Crippen LogP contribution is 2.42. The van der Waals surface area contributed by atoms with Gasteiger partial charge in [-0.15, -0.1) is 0 Å². The summed E-state index contributed by atoms with van der Waals surface area (Å²) in [6.07, 6.45) is 0. The molecule has 0 aliphatic carbocycles. The number of anilines is 1. The number of nitrogens with one attached hydrogen (secondary N) is 1. The number of nitrogens with two attached hydrogens (primary N) is 2. The third-order valence-corrected chi connectivity index (χ3v) is 3.69. The van der Waals surface area contributed by atoms with Crippen molar-refractivity contribution in [2.45, 2.75) is 5.92 Å². The highest BCUT2D eigenvalue weighted by molar-refractivity contribution is 6.05. The quantitative estimate of drug-likeness (QED) is 0.499. The normalized spacial score (nSPS) is 14.6. The first kappa shape index (κ1) is 16.4. The van der Waals surface area contributed by atoms with Gasteiger partial charge in [0.25, 0.3) is 5.91 Å². The zero-order chi connectivity index (χ0) is 18.4. The summed E-state index contributed by atoms with van der Waals surface area (Å²) in [6.45, 7) is 0. The number of benzene rings is 2. The van der Waals surface area contributed by atoms with Gasteiger partial charge in [0.15, 0.2) is 5.96 Å². The highest BCUT2D eigenvalue weighted by Gasteiger charge is 2.48. The van der Waals surface area contributed by atoms with E-state index in [1.165, 1.54) is 30.3 Å².